The molecule has 0 aromatic carbocycles. The van der Waals surface area contributed by atoms with Crippen molar-refractivity contribution in [2.24, 2.45) is 0 Å². The summed E-state index contributed by atoms with van der Waals surface area (Å²) in [6.45, 7) is 4.38. The molecular weight excluding hydrogens is 315 g/mol. The zero-order valence-corrected chi connectivity index (χ0v) is 13.4. The summed E-state index contributed by atoms with van der Waals surface area (Å²) >= 11 is 10.9. The van der Waals surface area contributed by atoms with Crippen molar-refractivity contribution in [1.82, 2.24) is 4.57 Å². The van der Waals surface area contributed by atoms with E-state index in [4.69, 9.17) is 24.4 Å². The minimum Gasteiger partial charge on any atom is -0.333 e. The molecule has 1 nitrogen and oxygen atoms in total. The molecule has 0 spiro atoms. The van der Waals surface area contributed by atoms with E-state index < -0.39 is 0 Å². The molecule has 0 saturated heterocycles. The Bertz CT molecular complexity index is 714. The van der Waals surface area contributed by atoms with Gasteiger partial charge in [0, 0.05) is 6.04 Å². The summed E-state index contributed by atoms with van der Waals surface area (Å²) < 4.78 is 6.97. The van der Waals surface area contributed by atoms with Gasteiger partial charge in [0.05, 0.1) is 20.4 Å². The van der Waals surface area contributed by atoms with Crippen molar-refractivity contribution in [3.8, 4) is 0 Å². The number of hydrogen-bond donors (Lipinski definition) is 0. The molecule has 0 N–H and O–H groups in total. The van der Waals surface area contributed by atoms with Gasteiger partial charge in [-0.2, -0.15) is 0 Å². The predicted molar refractivity (Wildman–Crippen MR) is 83.0 cm³/mol. The van der Waals surface area contributed by atoms with Crippen LogP contribution in [0, 0.1) is 7.65 Å². The molecule has 16 heavy (non-hydrogen) atoms. The highest BCUT2D eigenvalue weighted by atomic mass is 32.9. The van der Waals surface area contributed by atoms with Gasteiger partial charge >= 0.3 is 0 Å². The fourth-order valence-electron chi connectivity index (χ4n) is 1.84. The number of aromatic nitrogens is 1. The second-order valence-corrected chi connectivity index (χ2v) is 9.36. The first-order chi connectivity index (χ1) is 7.61. The molecule has 3 rings (SSSR count). The summed E-state index contributed by atoms with van der Waals surface area (Å²) in [7, 11) is 6.95. The molecule has 3 aromatic heterocycles. The molecule has 0 saturated carbocycles. The molecule has 0 amide bonds. The van der Waals surface area contributed by atoms with Crippen molar-refractivity contribution >= 4 is 86.2 Å². The Morgan fingerprint density at radius 2 is 1.31 bits per heavy atom. The number of nitrogens with zero attached hydrogens (tertiary/aromatic N) is 1. The van der Waals surface area contributed by atoms with Gasteiger partial charge in [-0.05, 0) is 13.8 Å². The highest BCUT2D eigenvalue weighted by Crippen LogP contribution is 2.43. The van der Waals surface area contributed by atoms with Crippen LogP contribution in [0.25, 0.3) is 20.4 Å². The quantitative estimate of drug-likeness (QED) is 0.395. The molecule has 3 aromatic rings. The van der Waals surface area contributed by atoms with Crippen LogP contribution in [-0.2, 0) is 0 Å². The fourth-order valence-corrected chi connectivity index (χ4v) is 7.86. The van der Waals surface area contributed by atoms with Gasteiger partial charge in [0.1, 0.15) is 7.65 Å². The van der Waals surface area contributed by atoms with Gasteiger partial charge in [-0.25, -0.2) is 0 Å². The van der Waals surface area contributed by atoms with E-state index in [1.54, 1.807) is 41.4 Å². The third-order valence-electron chi connectivity index (χ3n) is 2.42. The molecule has 0 unspecified atom stereocenters. The van der Waals surface area contributed by atoms with Gasteiger partial charge in [-0.15, -0.1) is 0 Å². The highest BCUT2D eigenvalue weighted by Gasteiger charge is 2.18. The monoisotopic (exact) mass is 321 g/mol. The summed E-state index contributed by atoms with van der Waals surface area (Å²) in [5.41, 5.74) is 2.44. The van der Waals surface area contributed by atoms with Gasteiger partial charge in [-0.3, -0.25) is 0 Å². The van der Waals surface area contributed by atoms with E-state index in [2.05, 4.69) is 18.4 Å². The summed E-state index contributed by atoms with van der Waals surface area (Å²) in [4.78, 5) is 0. The maximum atomic E-state index is 5.43. The second-order valence-electron chi connectivity index (χ2n) is 3.73. The molecule has 7 heteroatoms. The largest absolute Gasteiger partial charge is 0.333 e. The normalized spacial score (nSPS) is 12.2. The van der Waals surface area contributed by atoms with Crippen LogP contribution in [0.5, 0.6) is 0 Å². The molecular formula is C9H7NS6. The lowest BCUT2D eigenvalue weighted by molar-refractivity contribution is 0.642. The standard InChI is InChI=1S/C9H7NS6/c1-3(2)10-4-6(13-15-8(4)11)7-5(10)9(12)16-14-7/h3H,1-2H3. The molecule has 0 bridgehead atoms. The van der Waals surface area contributed by atoms with Gasteiger partial charge in [0.15, 0.2) is 0 Å². The van der Waals surface area contributed by atoms with Crippen molar-refractivity contribution in [2.75, 3.05) is 0 Å². The van der Waals surface area contributed by atoms with E-state index in [0.717, 1.165) is 7.65 Å². The minimum absolute atomic E-state index is 0.409. The van der Waals surface area contributed by atoms with Crippen LogP contribution >= 0.6 is 65.8 Å². The summed E-state index contributed by atoms with van der Waals surface area (Å²) in [5, 5.41) is 0. The number of hydrogen-bond acceptors (Lipinski definition) is 6. The zero-order valence-electron chi connectivity index (χ0n) is 8.47. The van der Waals surface area contributed by atoms with Gasteiger partial charge in [0.25, 0.3) is 0 Å². The first-order valence-electron chi connectivity index (χ1n) is 4.67. The van der Waals surface area contributed by atoms with Crippen LogP contribution in [0.1, 0.15) is 19.9 Å². The maximum absolute atomic E-state index is 5.43. The molecule has 3 heterocycles. The van der Waals surface area contributed by atoms with E-state index in [9.17, 15) is 0 Å². The Balaban J connectivity index is 2.73. The Morgan fingerprint density at radius 3 is 1.69 bits per heavy atom. The van der Waals surface area contributed by atoms with E-state index >= 15 is 0 Å². The minimum atomic E-state index is 0.409. The van der Waals surface area contributed by atoms with Crippen molar-refractivity contribution < 1.29 is 0 Å². The Labute approximate surface area is 117 Å². The Morgan fingerprint density at radius 1 is 0.875 bits per heavy atom. The van der Waals surface area contributed by atoms with Crippen LogP contribution in [-0.4, -0.2) is 4.57 Å². The third kappa shape index (κ3) is 1.42. The van der Waals surface area contributed by atoms with Crippen LogP contribution in [0.4, 0.5) is 0 Å². The summed E-state index contributed by atoms with van der Waals surface area (Å²) in [6.07, 6.45) is 0. The lowest BCUT2D eigenvalue weighted by Crippen LogP contribution is -1.99. The van der Waals surface area contributed by atoms with Crippen LogP contribution in [0.3, 0.4) is 0 Å². The van der Waals surface area contributed by atoms with E-state index in [1.807, 2.05) is 0 Å². The molecule has 0 aliphatic heterocycles. The zero-order chi connectivity index (χ0) is 11.4. The number of fused-ring (bicyclic) bond motifs is 3. The number of rotatable bonds is 1. The SMILES string of the molecule is CC(C)n1c2c(=S)ssc2c2ssc(=S)c21. The highest BCUT2D eigenvalue weighted by molar-refractivity contribution is 7.83. The molecule has 0 aliphatic rings. The first-order valence-corrected chi connectivity index (χ1v) is 9.78. The molecule has 0 fully saturated rings. The average molecular weight is 322 g/mol. The van der Waals surface area contributed by atoms with Crippen molar-refractivity contribution in [1.29, 1.82) is 0 Å². The summed E-state index contributed by atoms with van der Waals surface area (Å²) in [5.74, 6) is 0. The smallest absolute Gasteiger partial charge is 0.126 e. The van der Waals surface area contributed by atoms with E-state index in [-0.39, 0.29) is 0 Å². The van der Waals surface area contributed by atoms with Crippen LogP contribution in [0.15, 0.2) is 0 Å². The van der Waals surface area contributed by atoms with Gasteiger partial charge in [-0.1, -0.05) is 65.8 Å². The predicted octanol–water partition coefficient (Wildman–Crippen LogP) is 6.08. The second kappa shape index (κ2) is 3.93. The average Bonchev–Trinajstić information content (AvgIpc) is 2.82. The molecule has 84 valence electrons. The van der Waals surface area contributed by atoms with Crippen molar-refractivity contribution in [3.63, 3.8) is 0 Å². The lowest BCUT2D eigenvalue weighted by Gasteiger charge is -2.08. The van der Waals surface area contributed by atoms with E-state index in [1.165, 1.54) is 20.4 Å². The topological polar surface area (TPSA) is 4.93 Å². The van der Waals surface area contributed by atoms with E-state index in [0.29, 0.717) is 6.04 Å². The third-order valence-corrected chi connectivity index (χ3v) is 8.56. The van der Waals surface area contributed by atoms with Gasteiger partial charge in [0.2, 0.25) is 0 Å². The van der Waals surface area contributed by atoms with Crippen molar-refractivity contribution in [3.05, 3.63) is 7.65 Å². The molecule has 0 atom stereocenters. The summed E-state index contributed by atoms with van der Waals surface area (Å²) in [6, 6.07) is 0.409. The maximum Gasteiger partial charge on any atom is 0.126 e. The van der Waals surface area contributed by atoms with Crippen LogP contribution < -0.4 is 0 Å². The lowest BCUT2D eigenvalue weighted by atomic mass is 10.4. The van der Waals surface area contributed by atoms with Gasteiger partial charge < -0.3 is 4.57 Å². The Kier molecular flexibility index (Phi) is 2.81. The molecule has 0 aliphatic carbocycles. The van der Waals surface area contributed by atoms with Crippen LogP contribution in [0.2, 0.25) is 0 Å². The fraction of sp³-hybridized carbons (Fsp3) is 0.333. The Hall–Kier alpha value is 0.340. The first kappa shape index (κ1) is 11.4. The molecule has 0 radical (unpaired) electrons. The van der Waals surface area contributed by atoms with Crippen molar-refractivity contribution in [2.45, 2.75) is 19.9 Å².